The van der Waals surface area contributed by atoms with Gasteiger partial charge in [-0.1, -0.05) is 17.7 Å². The lowest BCUT2D eigenvalue weighted by atomic mass is 10.1. The molecule has 5 nitrogen and oxygen atoms in total. The van der Waals surface area contributed by atoms with E-state index in [4.69, 9.17) is 21.4 Å². The van der Waals surface area contributed by atoms with Crippen LogP contribution in [0.5, 0.6) is 5.75 Å². The van der Waals surface area contributed by atoms with Crippen LogP contribution < -0.4 is 4.74 Å². The van der Waals surface area contributed by atoms with Gasteiger partial charge in [0, 0.05) is 13.1 Å². The number of amides is 1. The highest BCUT2D eigenvalue weighted by molar-refractivity contribution is 6.33. The Hall–Kier alpha value is -1.75. The number of hydrogen-bond donors (Lipinski definition) is 1. The number of ether oxygens (including phenoxy) is 1. The van der Waals surface area contributed by atoms with Gasteiger partial charge in [0.05, 0.1) is 5.02 Å². The Morgan fingerprint density at radius 3 is 2.60 bits per heavy atom. The van der Waals surface area contributed by atoms with Gasteiger partial charge in [-0.25, -0.2) is 4.79 Å². The van der Waals surface area contributed by atoms with Crippen LogP contribution in [0.25, 0.3) is 0 Å². The Balaban J connectivity index is 2.02. The molecule has 0 aromatic heterocycles. The van der Waals surface area contributed by atoms with Crippen LogP contribution in [-0.2, 0) is 4.79 Å². The standard InChI is InChI=1S/C14H16ClNO4/c15-10-5-4-6-11(13(10)14(18)19)20-9-12(17)16-7-2-1-3-8-16/h4-6H,1-3,7-9H2,(H,18,19). The average molecular weight is 298 g/mol. The largest absolute Gasteiger partial charge is 0.483 e. The molecular formula is C14H16ClNO4. The number of rotatable bonds is 4. The molecule has 1 aliphatic rings. The Labute approximate surface area is 122 Å². The van der Waals surface area contributed by atoms with Crippen LogP contribution in [0.15, 0.2) is 18.2 Å². The lowest BCUT2D eigenvalue weighted by Crippen LogP contribution is -2.38. The first-order valence-electron chi connectivity index (χ1n) is 6.52. The second-order valence-electron chi connectivity index (χ2n) is 4.65. The molecule has 0 bridgehead atoms. The lowest BCUT2D eigenvalue weighted by molar-refractivity contribution is -0.134. The molecule has 0 aliphatic carbocycles. The van der Waals surface area contributed by atoms with Crippen molar-refractivity contribution in [3.63, 3.8) is 0 Å². The van der Waals surface area contributed by atoms with E-state index in [0.717, 1.165) is 32.4 Å². The highest BCUT2D eigenvalue weighted by atomic mass is 35.5. The van der Waals surface area contributed by atoms with Crippen LogP contribution in [0.4, 0.5) is 0 Å². The van der Waals surface area contributed by atoms with Crippen molar-refractivity contribution in [2.45, 2.75) is 19.3 Å². The zero-order valence-electron chi connectivity index (χ0n) is 11.0. The third-order valence-electron chi connectivity index (χ3n) is 3.25. The van der Waals surface area contributed by atoms with E-state index in [1.165, 1.54) is 12.1 Å². The number of piperidine rings is 1. The van der Waals surface area contributed by atoms with Crippen molar-refractivity contribution in [1.82, 2.24) is 4.90 Å². The smallest absolute Gasteiger partial charge is 0.341 e. The van der Waals surface area contributed by atoms with Gasteiger partial charge in [0.25, 0.3) is 5.91 Å². The van der Waals surface area contributed by atoms with Gasteiger partial charge in [0.15, 0.2) is 6.61 Å². The predicted octanol–water partition coefficient (Wildman–Crippen LogP) is 2.43. The zero-order valence-corrected chi connectivity index (χ0v) is 11.7. The molecule has 0 atom stereocenters. The lowest BCUT2D eigenvalue weighted by Gasteiger charge is -2.26. The molecule has 0 saturated carbocycles. The van der Waals surface area contributed by atoms with Crippen molar-refractivity contribution in [2.24, 2.45) is 0 Å². The summed E-state index contributed by atoms with van der Waals surface area (Å²) in [6.45, 7) is 1.31. The molecule has 1 N–H and O–H groups in total. The molecule has 1 aromatic carbocycles. The fourth-order valence-corrected chi connectivity index (χ4v) is 2.45. The van der Waals surface area contributed by atoms with Crippen LogP contribution >= 0.6 is 11.6 Å². The van der Waals surface area contributed by atoms with Gasteiger partial charge >= 0.3 is 5.97 Å². The summed E-state index contributed by atoms with van der Waals surface area (Å²) in [6, 6.07) is 4.57. The molecule has 1 aromatic rings. The minimum atomic E-state index is -1.17. The summed E-state index contributed by atoms with van der Waals surface area (Å²) in [6.07, 6.45) is 3.15. The van der Waals surface area contributed by atoms with E-state index in [1.54, 1.807) is 11.0 Å². The third kappa shape index (κ3) is 3.42. The fourth-order valence-electron chi connectivity index (χ4n) is 2.21. The molecule has 1 heterocycles. The molecule has 1 fully saturated rings. The second kappa shape index (κ2) is 6.61. The third-order valence-corrected chi connectivity index (χ3v) is 3.56. The molecule has 1 saturated heterocycles. The van der Waals surface area contributed by atoms with Gasteiger partial charge in [0.2, 0.25) is 0 Å². The first-order valence-corrected chi connectivity index (χ1v) is 6.90. The SMILES string of the molecule is O=C(O)c1c(Cl)cccc1OCC(=O)N1CCCCC1. The van der Waals surface area contributed by atoms with Crippen molar-refractivity contribution in [2.75, 3.05) is 19.7 Å². The Morgan fingerprint density at radius 2 is 1.95 bits per heavy atom. The van der Waals surface area contributed by atoms with Crippen LogP contribution in [0.3, 0.4) is 0 Å². The Kier molecular flexibility index (Phi) is 4.84. The molecule has 20 heavy (non-hydrogen) atoms. The van der Waals surface area contributed by atoms with E-state index in [-0.39, 0.29) is 28.8 Å². The minimum Gasteiger partial charge on any atom is -0.483 e. The summed E-state index contributed by atoms with van der Waals surface area (Å²) in [4.78, 5) is 24.8. The van der Waals surface area contributed by atoms with Crippen LogP contribution in [-0.4, -0.2) is 41.6 Å². The molecule has 1 aliphatic heterocycles. The summed E-state index contributed by atoms with van der Waals surface area (Å²) < 4.78 is 5.34. The van der Waals surface area contributed by atoms with Crippen molar-refractivity contribution < 1.29 is 19.4 Å². The summed E-state index contributed by atoms with van der Waals surface area (Å²) in [5.41, 5.74) is -0.111. The van der Waals surface area contributed by atoms with Gasteiger partial charge in [-0.15, -0.1) is 0 Å². The van der Waals surface area contributed by atoms with Crippen molar-refractivity contribution in [1.29, 1.82) is 0 Å². The van der Waals surface area contributed by atoms with Gasteiger partial charge in [-0.2, -0.15) is 0 Å². The Bertz CT molecular complexity index is 512. The molecule has 2 rings (SSSR count). The van der Waals surface area contributed by atoms with E-state index < -0.39 is 5.97 Å². The quantitative estimate of drug-likeness (QED) is 0.927. The number of carboxylic acid groups (broad SMARTS) is 1. The van der Waals surface area contributed by atoms with Crippen molar-refractivity contribution >= 4 is 23.5 Å². The summed E-state index contributed by atoms with van der Waals surface area (Å²) in [5, 5.41) is 9.20. The van der Waals surface area contributed by atoms with Gasteiger partial charge in [0.1, 0.15) is 11.3 Å². The highest BCUT2D eigenvalue weighted by Crippen LogP contribution is 2.26. The minimum absolute atomic E-state index is 0.0976. The summed E-state index contributed by atoms with van der Waals surface area (Å²) in [7, 11) is 0. The fraction of sp³-hybridized carbons (Fsp3) is 0.429. The first-order chi connectivity index (χ1) is 9.59. The molecule has 0 radical (unpaired) electrons. The maximum Gasteiger partial charge on any atom is 0.341 e. The van der Waals surface area contributed by atoms with Crippen molar-refractivity contribution in [3.8, 4) is 5.75 Å². The summed E-state index contributed by atoms with van der Waals surface area (Å²) in [5.74, 6) is -1.17. The normalized spacial score (nSPS) is 14.9. The number of likely N-dealkylation sites (tertiary alicyclic amines) is 1. The number of carboxylic acids is 1. The van der Waals surface area contributed by atoms with Crippen molar-refractivity contribution in [3.05, 3.63) is 28.8 Å². The molecule has 1 amide bonds. The van der Waals surface area contributed by atoms with E-state index in [9.17, 15) is 9.59 Å². The van der Waals surface area contributed by atoms with Gasteiger partial charge in [-0.05, 0) is 31.4 Å². The molecule has 0 unspecified atom stereocenters. The number of benzene rings is 1. The Morgan fingerprint density at radius 1 is 1.25 bits per heavy atom. The van der Waals surface area contributed by atoms with E-state index in [2.05, 4.69) is 0 Å². The maximum absolute atomic E-state index is 12.0. The van der Waals surface area contributed by atoms with Crippen LogP contribution in [0.1, 0.15) is 29.6 Å². The predicted molar refractivity (Wildman–Crippen MR) is 74.3 cm³/mol. The topological polar surface area (TPSA) is 66.8 Å². The molecular weight excluding hydrogens is 282 g/mol. The number of aromatic carboxylic acids is 1. The van der Waals surface area contributed by atoms with Crippen LogP contribution in [0, 0.1) is 0 Å². The summed E-state index contributed by atoms with van der Waals surface area (Å²) >= 11 is 5.83. The molecule has 6 heteroatoms. The average Bonchev–Trinajstić information content (AvgIpc) is 2.45. The first kappa shape index (κ1) is 14.7. The number of carbonyl (C=O) groups excluding carboxylic acids is 1. The van der Waals surface area contributed by atoms with E-state index in [0.29, 0.717) is 0 Å². The number of hydrogen-bond acceptors (Lipinski definition) is 3. The number of carbonyl (C=O) groups is 2. The maximum atomic E-state index is 12.0. The molecule has 0 spiro atoms. The number of nitrogens with zero attached hydrogens (tertiary/aromatic N) is 1. The van der Waals surface area contributed by atoms with Gasteiger partial charge in [-0.3, -0.25) is 4.79 Å². The second-order valence-corrected chi connectivity index (χ2v) is 5.06. The number of halogens is 1. The highest BCUT2D eigenvalue weighted by Gasteiger charge is 2.19. The molecule has 108 valence electrons. The van der Waals surface area contributed by atoms with E-state index in [1.807, 2.05) is 0 Å². The monoisotopic (exact) mass is 297 g/mol. The van der Waals surface area contributed by atoms with Gasteiger partial charge < -0.3 is 14.7 Å². The van der Waals surface area contributed by atoms with E-state index >= 15 is 0 Å². The zero-order chi connectivity index (χ0) is 14.5. The van der Waals surface area contributed by atoms with Crippen LogP contribution in [0.2, 0.25) is 5.02 Å².